The summed E-state index contributed by atoms with van der Waals surface area (Å²) in [5, 5.41) is 4.42. The molecule has 0 saturated heterocycles. The summed E-state index contributed by atoms with van der Waals surface area (Å²) in [4.78, 5) is 0. The molecule has 1 unspecified atom stereocenters. The molecule has 0 aromatic heterocycles. The Labute approximate surface area is 185 Å². The maximum absolute atomic E-state index is 5.62. The number of methoxy groups -OCH3 is 4. The van der Waals surface area contributed by atoms with E-state index in [4.69, 9.17) is 18.9 Å². The number of benzene rings is 3. The number of halogens is 1. The second-order valence-corrected chi connectivity index (χ2v) is 8.54. The van der Waals surface area contributed by atoms with E-state index >= 15 is 0 Å². The zero-order valence-corrected chi connectivity index (χ0v) is 19.5. The zero-order valence-electron chi connectivity index (χ0n) is 17.9. The topological polar surface area (TPSA) is 36.9 Å². The molecule has 4 nitrogen and oxygen atoms in total. The van der Waals surface area contributed by atoms with Crippen molar-refractivity contribution in [2.45, 2.75) is 25.7 Å². The molecule has 0 heterocycles. The molecule has 1 fully saturated rings. The van der Waals surface area contributed by atoms with Crippen molar-refractivity contribution < 1.29 is 18.9 Å². The van der Waals surface area contributed by atoms with Crippen LogP contribution in [-0.2, 0) is 6.42 Å². The van der Waals surface area contributed by atoms with Crippen molar-refractivity contribution in [2.75, 3.05) is 28.4 Å². The summed E-state index contributed by atoms with van der Waals surface area (Å²) >= 11 is 3.92. The third kappa shape index (κ3) is 3.39. The third-order valence-electron chi connectivity index (χ3n) is 6.24. The fourth-order valence-electron chi connectivity index (χ4n) is 4.59. The summed E-state index contributed by atoms with van der Waals surface area (Å²) in [5.74, 6) is 3.34. The van der Waals surface area contributed by atoms with Crippen molar-refractivity contribution in [3.05, 3.63) is 46.5 Å². The first kappa shape index (κ1) is 20.9. The van der Waals surface area contributed by atoms with Crippen LogP contribution in [0.1, 0.15) is 24.8 Å². The van der Waals surface area contributed by atoms with Crippen molar-refractivity contribution in [3.63, 3.8) is 0 Å². The fraction of sp³-hybridized carbons (Fsp3) is 0.360. The van der Waals surface area contributed by atoms with Crippen LogP contribution in [0.3, 0.4) is 0 Å². The number of fused-ring (bicyclic) bond motifs is 3. The van der Waals surface area contributed by atoms with Crippen molar-refractivity contribution in [1.29, 1.82) is 0 Å². The smallest absolute Gasteiger partial charge is 0.161 e. The Bertz CT molecular complexity index is 1140. The van der Waals surface area contributed by atoms with E-state index in [2.05, 4.69) is 34.6 Å². The molecule has 0 spiro atoms. The second-order valence-electron chi connectivity index (χ2n) is 7.75. The molecule has 0 N–H and O–H groups in total. The van der Waals surface area contributed by atoms with Crippen LogP contribution in [0.15, 0.2) is 40.9 Å². The molecule has 30 heavy (non-hydrogen) atoms. The lowest BCUT2D eigenvalue weighted by atomic mass is 9.89. The molecule has 0 amide bonds. The summed E-state index contributed by atoms with van der Waals surface area (Å²) in [5.41, 5.74) is 2.61. The summed E-state index contributed by atoms with van der Waals surface area (Å²) in [7, 11) is 6.66. The molecule has 0 aliphatic heterocycles. The molecule has 1 atom stereocenters. The fourth-order valence-corrected chi connectivity index (χ4v) is 5.30. The van der Waals surface area contributed by atoms with Gasteiger partial charge in [0, 0.05) is 9.86 Å². The van der Waals surface area contributed by atoms with E-state index in [0.717, 1.165) is 44.6 Å². The van der Waals surface area contributed by atoms with Crippen LogP contribution in [0.5, 0.6) is 23.0 Å². The minimum atomic E-state index is 0.496. The van der Waals surface area contributed by atoms with Crippen molar-refractivity contribution in [2.24, 2.45) is 5.92 Å². The Kier molecular flexibility index (Phi) is 5.83. The normalized spacial score (nSPS) is 16.3. The van der Waals surface area contributed by atoms with Crippen LogP contribution in [0.4, 0.5) is 0 Å². The first-order valence-corrected chi connectivity index (χ1v) is 10.9. The van der Waals surface area contributed by atoms with Gasteiger partial charge in [-0.3, -0.25) is 0 Å². The van der Waals surface area contributed by atoms with Crippen molar-refractivity contribution in [3.8, 4) is 23.0 Å². The molecule has 0 radical (unpaired) electrons. The predicted octanol–water partition coefficient (Wildman–Crippen LogP) is 6.69. The Morgan fingerprint density at radius 1 is 0.800 bits per heavy atom. The van der Waals surface area contributed by atoms with Crippen molar-refractivity contribution >= 4 is 37.5 Å². The van der Waals surface area contributed by atoms with E-state index in [1.807, 2.05) is 12.1 Å². The van der Waals surface area contributed by atoms with Crippen LogP contribution >= 0.6 is 15.9 Å². The molecular formula is C25H27BrO4. The lowest BCUT2D eigenvalue weighted by Gasteiger charge is -2.20. The average Bonchev–Trinajstić information content (AvgIpc) is 3.18. The summed E-state index contributed by atoms with van der Waals surface area (Å²) in [6, 6.07) is 8.22. The van der Waals surface area contributed by atoms with Gasteiger partial charge in [0.1, 0.15) is 0 Å². The molecule has 1 aliphatic rings. The van der Waals surface area contributed by atoms with Crippen LogP contribution < -0.4 is 18.9 Å². The van der Waals surface area contributed by atoms with E-state index < -0.39 is 0 Å². The molecule has 1 aliphatic carbocycles. The van der Waals surface area contributed by atoms with Gasteiger partial charge in [-0.05, 0) is 93.5 Å². The minimum Gasteiger partial charge on any atom is -0.493 e. The molecule has 0 bridgehead atoms. The third-order valence-corrected chi connectivity index (χ3v) is 7.15. The van der Waals surface area contributed by atoms with E-state index in [1.54, 1.807) is 28.4 Å². The lowest BCUT2D eigenvalue weighted by Crippen LogP contribution is -2.04. The minimum absolute atomic E-state index is 0.496. The molecule has 3 aromatic carbocycles. The van der Waals surface area contributed by atoms with Crippen molar-refractivity contribution in [1.82, 2.24) is 0 Å². The van der Waals surface area contributed by atoms with Crippen LogP contribution in [-0.4, -0.2) is 28.4 Å². The highest BCUT2D eigenvalue weighted by Gasteiger charge is 2.24. The highest BCUT2D eigenvalue weighted by atomic mass is 79.9. The van der Waals surface area contributed by atoms with Gasteiger partial charge >= 0.3 is 0 Å². The van der Waals surface area contributed by atoms with Gasteiger partial charge in [-0.15, -0.1) is 0 Å². The molecule has 3 aromatic rings. The lowest BCUT2D eigenvalue weighted by molar-refractivity contribution is 0.355. The molecule has 1 saturated carbocycles. The first-order valence-electron chi connectivity index (χ1n) is 10.1. The van der Waals surface area contributed by atoms with E-state index in [9.17, 15) is 0 Å². The molecule has 158 valence electrons. The van der Waals surface area contributed by atoms with E-state index in [1.165, 1.54) is 24.0 Å². The number of rotatable bonds is 6. The van der Waals surface area contributed by atoms with Crippen LogP contribution in [0.2, 0.25) is 0 Å². The maximum atomic E-state index is 5.62. The average molecular weight is 471 g/mol. The Morgan fingerprint density at radius 2 is 1.27 bits per heavy atom. The van der Waals surface area contributed by atoms with Gasteiger partial charge in [0.2, 0.25) is 0 Å². The largest absolute Gasteiger partial charge is 0.493 e. The number of hydrogen-bond donors (Lipinski definition) is 0. The monoisotopic (exact) mass is 470 g/mol. The van der Waals surface area contributed by atoms with Gasteiger partial charge in [-0.1, -0.05) is 12.2 Å². The Balaban J connectivity index is 2.08. The number of ether oxygens (including phenoxy) is 4. The quantitative estimate of drug-likeness (QED) is 0.297. The molecule has 4 rings (SSSR count). The Hall–Kier alpha value is -2.40. The number of allylic oxidation sites excluding steroid dienone is 1. The van der Waals surface area contributed by atoms with Crippen LogP contribution in [0.25, 0.3) is 21.5 Å². The first-order chi connectivity index (χ1) is 14.5. The van der Waals surface area contributed by atoms with Gasteiger partial charge < -0.3 is 18.9 Å². The van der Waals surface area contributed by atoms with Crippen LogP contribution in [0, 0.1) is 5.92 Å². The second kappa shape index (κ2) is 8.38. The van der Waals surface area contributed by atoms with Gasteiger partial charge in [-0.25, -0.2) is 0 Å². The van der Waals surface area contributed by atoms with Gasteiger partial charge in [-0.2, -0.15) is 0 Å². The predicted molar refractivity (Wildman–Crippen MR) is 126 cm³/mol. The number of hydrogen-bond acceptors (Lipinski definition) is 4. The van der Waals surface area contributed by atoms with Gasteiger partial charge in [0.05, 0.1) is 28.4 Å². The van der Waals surface area contributed by atoms with Gasteiger partial charge in [0.15, 0.2) is 23.0 Å². The zero-order chi connectivity index (χ0) is 21.4. The highest BCUT2D eigenvalue weighted by Crippen LogP contribution is 2.46. The summed E-state index contributed by atoms with van der Waals surface area (Å²) in [6.45, 7) is 4.32. The van der Waals surface area contributed by atoms with Gasteiger partial charge in [0.25, 0.3) is 0 Å². The summed E-state index contributed by atoms with van der Waals surface area (Å²) < 4.78 is 23.5. The standard InChI is InChI=1S/C25H27BrO4/c1-14-7-6-8-15(14)9-19-17-11-22(28-3)21(27-2)10-16(17)18-12-23(29-4)24(30-5)13-20(18)25(19)26/h10-13,15H,1,6-9H2,2-5H3. The SMILES string of the molecule is C=C1CCCC1Cc1c(Br)c2cc(OC)c(OC)cc2c2cc(OC)c(OC)cc12. The van der Waals surface area contributed by atoms with E-state index in [0.29, 0.717) is 23.2 Å². The van der Waals surface area contributed by atoms with E-state index in [-0.39, 0.29) is 0 Å². The molecule has 5 heteroatoms. The molecular weight excluding hydrogens is 444 g/mol. The maximum Gasteiger partial charge on any atom is 0.161 e. The highest BCUT2D eigenvalue weighted by molar-refractivity contribution is 9.10. The summed E-state index contributed by atoms with van der Waals surface area (Å²) in [6.07, 6.45) is 4.46. The Morgan fingerprint density at radius 3 is 1.73 bits per heavy atom.